The van der Waals surface area contributed by atoms with E-state index in [1.807, 2.05) is 30.3 Å². The van der Waals surface area contributed by atoms with Crippen molar-refractivity contribution in [2.75, 3.05) is 23.3 Å². The fourth-order valence-electron chi connectivity index (χ4n) is 4.75. The van der Waals surface area contributed by atoms with Crippen molar-refractivity contribution in [3.8, 4) is 11.5 Å². The topological polar surface area (TPSA) is 124 Å². The Morgan fingerprint density at radius 1 is 1.03 bits per heavy atom. The minimum atomic E-state index is -0.951. The molecule has 0 atom stereocenters. The Bertz CT molecular complexity index is 1530. The lowest BCUT2D eigenvalue weighted by molar-refractivity contribution is 0.0912. The number of para-hydroxylation sites is 1. The van der Waals surface area contributed by atoms with E-state index in [0.717, 1.165) is 0 Å². The summed E-state index contributed by atoms with van der Waals surface area (Å²) in [7, 11) is 0. The minimum absolute atomic E-state index is 0.143. The van der Waals surface area contributed by atoms with Crippen molar-refractivity contribution in [3.63, 3.8) is 0 Å². The quantitative estimate of drug-likeness (QED) is 0.307. The summed E-state index contributed by atoms with van der Waals surface area (Å²) in [6, 6.07) is 17.9. The number of urea groups is 1. The molecule has 2 aliphatic rings. The van der Waals surface area contributed by atoms with Crippen LogP contribution < -0.4 is 20.3 Å². The summed E-state index contributed by atoms with van der Waals surface area (Å²) in [5.74, 6) is 1.05. The van der Waals surface area contributed by atoms with Crippen LogP contribution in [0.4, 0.5) is 26.7 Å². The number of piperidine rings is 1. The number of rotatable bonds is 5. The van der Waals surface area contributed by atoms with Crippen LogP contribution in [0.15, 0.2) is 66.9 Å². The summed E-state index contributed by atoms with van der Waals surface area (Å²) in [6.07, 6.45) is 1.74. The fraction of sp³-hybridized carbons (Fsp3) is 0.185. The number of pyridine rings is 1. The molecule has 4 aromatic rings. The van der Waals surface area contributed by atoms with Gasteiger partial charge in [-0.1, -0.05) is 18.2 Å². The second-order valence-electron chi connectivity index (χ2n) is 9.01. The van der Waals surface area contributed by atoms with Gasteiger partial charge < -0.3 is 25.4 Å². The van der Waals surface area contributed by atoms with Crippen LogP contribution in [0, 0.1) is 0 Å². The summed E-state index contributed by atoms with van der Waals surface area (Å²) < 4.78 is 5.87. The van der Waals surface area contributed by atoms with Gasteiger partial charge in [-0.15, -0.1) is 11.3 Å². The molecular formula is C27H23N5O5S. The Labute approximate surface area is 221 Å². The molecule has 192 valence electrons. The van der Waals surface area contributed by atoms with Crippen molar-refractivity contribution in [2.24, 2.45) is 0 Å². The predicted molar refractivity (Wildman–Crippen MR) is 144 cm³/mol. The highest BCUT2D eigenvalue weighted by molar-refractivity contribution is 7.21. The molecule has 11 heteroatoms. The SMILES string of the molecule is O=C(NC1CCN(C(=O)O)CC1)c1sc2nccc3c2c1NC(=O)N3c1ccc(Oc2ccccc2)cc1. The summed E-state index contributed by atoms with van der Waals surface area (Å²) in [5.41, 5.74) is 1.72. The van der Waals surface area contributed by atoms with Gasteiger partial charge in [-0.05, 0) is 55.3 Å². The number of ether oxygens (including phenoxy) is 1. The average molecular weight is 530 g/mol. The van der Waals surface area contributed by atoms with Crippen LogP contribution in [0.2, 0.25) is 0 Å². The van der Waals surface area contributed by atoms with Gasteiger partial charge in [0.05, 0.1) is 22.4 Å². The molecule has 3 N–H and O–H groups in total. The second-order valence-corrected chi connectivity index (χ2v) is 10.0. The monoisotopic (exact) mass is 529 g/mol. The molecule has 1 fully saturated rings. The molecule has 4 amide bonds. The van der Waals surface area contributed by atoms with Crippen molar-refractivity contribution < 1.29 is 24.2 Å². The fourth-order valence-corrected chi connectivity index (χ4v) is 5.78. The summed E-state index contributed by atoms with van der Waals surface area (Å²) in [4.78, 5) is 46.0. The van der Waals surface area contributed by atoms with Gasteiger partial charge in [-0.25, -0.2) is 14.6 Å². The predicted octanol–water partition coefficient (Wildman–Crippen LogP) is 5.64. The van der Waals surface area contributed by atoms with Crippen molar-refractivity contribution in [1.29, 1.82) is 0 Å². The van der Waals surface area contributed by atoms with Crippen molar-refractivity contribution in [3.05, 3.63) is 71.7 Å². The lowest BCUT2D eigenvalue weighted by Gasteiger charge is -2.30. The molecule has 38 heavy (non-hydrogen) atoms. The molecule has 6 rings (SSSR count). The molecular weight excluding hydrogens is 506 g/mol. The number of nitrogens with zero attached hydrogens (tertiary/aromatic N) is 3. The average Bonchev–Trinajstić information content (AvgIpc) is 3.30. The normalized spacial score (nSPS) is 15.3. The molecule has 0 unspecified atom stereocenters. The molecule has 0 bridgehead atoms. The van der Waals surface area contributed by atoms with E-state index in [1.165, 1.54) is 16.2 Å². The Balaban J connectivity index is 1.25. The van der Waals surface area contributed by atoms with Crippen LogP contribution in [-0.4, -0.2) is 52.2 Å². The van der Waals surface area contributed by atoms with E-state index in [4.69, 9.17) is 9.84 Å². The highest BCUT2D eigenvalue weighted by Gasteiger charge is 2.33. The first-order valence-electron chi connectivity index (χ1n) is 12.1. The zero-order valence-corrected chi connectivity index (χ0v) is 20.9. The Morgan fingerprint density at radius 3 is 2.45 bits per heavy atom. The Morgan fingerprint density at radius 2 is 1.74 bits per heavy atom. The molecule has 2 aromatic carbocycles. The third-order valence-electron chi connectivity index (χ3n) is 6.63. The van der Waals surface area contributed by atoms with E-state index >= 15 is 0 Å². The number of likely N-dealkylation sites (tertiary alicyclic amines) is 1. The molecule has 4 heterocycles. The maximum atomic E-state index is 13.3. The number of carbonyl (C=O) groups is 3. The Hall–Kier alpha value is -4.64. The van der Waals surface area contributed by atoms with Crippen LogP contribution in [0.1, 0.15) is 22.5 Å². The van der Waals surface area contributed by atoms with Crippen molar-refractivity contribution in [2.45, 2.75) is 18.9 Å². The number of nitrogens with one attached hydrogen (secondary N) is 2. The van der Waals surface area contributed by atoms with Gasteiger partial charge in [0.2, 0.25) is 0 Å². The number of hydrogen-bond acceptors (Lipinski definition) is 6. The largest absolute Gasteiger partial charge is 0.465 e. The zero-order chi connectivity index (χ0) is 26.2. The highest BCUT2D eigenvalue weighted by atomic mass is 32.1. The maximum Gasteiger partial charge on any atom is 0.407 e. The van der Waals surface area contributed by atoms with Gasteiger partial charge in [0.1, 0.15) is 21.2 Å². The number of aromatic nitrogens is 1. The van der Waals surface area contributed by atoms with Crippen LogP contribution in [0.3, 0.4) is 0 Å². The Kier molecular flexibility index (Phi) is 6.04. The first-order chi connectivity index (χ1) is 18.5. The minimum Gasteiger partial charge on any atom is -0.465 e. The zero-order valence-electron chi connectivity index (χ0n) is 20.1. The molecule has 0 spiro atoms. The lowest BCUT2D eigenvalue weighted by atomic mass is 10.1. The van der Waals surface area contributed by atoms with Gasteiger partial charge in [0.15, 0.2) is 0 Å². The van der Waals surface area contributed by atoms with Gasteiger partial charge in [-0.2, -0.15) is 0 Å². The second kappa shape index (κ2) is 9.67. The van der Waals surface area contributed by atoms with Crippen LogP contribution in [0.5, 0.6) is 11.5 Å². The number of carbonyl (C=O) groups excluding carboxylic acids is 2. The van der Waals surface area contributed by atoms with Crippen LogP contribution >= 0.6 is 11.3 Å². The molecule has 1 saturated heterocycles. The summed E-state index contributed by atoms with van der Waals surface area (Å²) in [5, 5.41) is 15.8. The lowest BCUT2D eigenvalue weighted by Crippen LogP contribution is -2.46. The van der Waals surface area contributed by atoms with Crippen LogP contribution in [-0.2, 0) is 0 Å². The number of anilines is 3. The van der Waals surface area contributed by atoms with E-state index in [1.54, 1.807) is 41.4 Å². The standard InChI is InChI=1S/C27H23N5O5S/c33-24(29-16-11-14-31(15-12-16)27(35)36)23-22-21-20(10-13-28-25(21)38-23)32(26(34)30-22)17-6-8-19(9-7-17)37-18-4-2-1-3-5-18/h1-10,13,16H,11-12,14-15H2,(H,29,33)(H,30,34)(H,35,36). The van der Waals surface area contributed by atoms with E-state index < -0.39 is 6.09 Å². The number of hydrogen-bond donors (Lipinski definition) is 3. The molecule has 0 aliphatic carbocycles. The molecule has 0 radical (unpaired) electrons. The van der Waals surface area contributed by atoms with Gasteiger partial charge in [0, 0.05) is 25.3 Å². The number of thiophene rings is 1. The third kappa shape index (κ3) is 4.37. The summed E-state index contributed by atoms with van der Waals surface area (Å²) in [6.45, 7) is 0.734. The molecule has 2 aliphatic heterocycles. The molecule has 0 saturated carbocycles. The van der Waals surface area contributed by atoms with Crippen molar-refractivity contribution in [1.82, 2.24) is 15.2 Å². The van der Waals surface area contributed by atoms with E-state index in [2.05, 4.69) is 15.6 Å². The summed E-state index contributed by atoms with van der Waals surface area (Å²) >= 11 is 1.22. The van der Waals surface area contributed by atoms with E-state index in [0.29, 0.717) is 69.6 Å². The maximum absolute atomic E-state index is 13.3. The first-order valence-corrected chi connectivity index (χ1v) is 12.9. The number of carboxylic acid groups (broad SMARTS) is 1. The van der Waals surface area contributed by atoms with Crippen molar-refractivity contribution >= 4 is 56.6 Å². The van der Waals surface area contributed by atoms with Crippen LogP contribution in [0.25, 0.3) is 10.2 Å². The van der Waals surface area contributed by atoms with E-state index in [-0.39, 0.29) is 18.0 Å². The number of amides is 4. The third-order valence-corrected chi connectivity index (χ3v) is 7.72. The van der Waals surface area contributed by atoms with Gasteiger partial charge in [0.25, 0.3) is 5.91 Å². The number of benzene rings is 2. The first kappa shape index (κ1) is 23.7. The smallest absolute Gasteiger partial charge is 0.407 e. The molecule has 2 aromatic heterocycles. The van der Waals surface area contributed by atoms with Gasteiger partial charge >= 0.3 is 12.1 Å². The molecule has 10 nitrogen and oxygen atoms in total. The highest BCUT2D eigenvalue weighted by Crippen LogP contribution is 2.45. The van der Waals surface area contributed by atoms with E-state index in [9.17, 15) is 14.4 Å². The van der Waals surface area contributed by atoms with Gasteiger partial charge in [-0.3, -0.25) is 9.69 Å².